The Hall–Kier alpha value is -1.40. The van der Waals surface area contributed by atoms with E-state index in [0.717, 1.165) is 34.5 Å². The first-order chi connectivity index (χ1) is 9.93. The Morgan fingerprint density at radius 3 is 2.81 bits per heavy atom. The maximum Gasteiger partial charge on any atom is 0.104 e. The number of anilines is 1. The fourth-order valence-corrected chi connectivity index (χ4v) is 2.77. The minimum atomic E-state index is 0.417. The van der Waals surface area contributed by atoms with Crippen LogP contribution in [-0.2, 0) is 13.1 Å². The van der Waals surface area contributed by atoms with Crippen molar-refractivity contribution >= 4 is 38.8 Å². The van der Waals surface area contributed by atoms with E-state index in [1.165, 1.54) is 5.69 Å². The molecule has 0 bridgehead atoms. The van der Waals surface area contributed by atoms with Gasteiger partial charge in [0, 0.05) is 24.8 Å². The van der Waals surface area contributed by atoms with Crippen molar-refractivity contribution < 1.29 is 0 Å². The molecule has 112 valence electrons. The topological polar surface area (TPSA) is 47.1 Å². The van der Waals surface area contributed by atoms with Gasteiger partial charge in [-0.3, -0.25) is 4.68 Å². The van der Waals surface area contributed by atoms with Gasteiger partial charge in [-0.05, 0) is 41.9 Å². The molecule has 1 aromatic heterocycles. The third-order valence-corrected chi connectivity index (χ3v) is 4.68. The summed E-state index contributed by atoms with van der Waals surface area (Å²) in [7, 11) is 2.05. The summed E-state index contributed by atoms with van der Waals surface area (Å²) >= 11 is 8.67. The lowest BCUT2D eigenvalue weighted by atomic mass is 10.2. The molecule has 2 rings (SSSR count). The number of halogens is 1. The third kappa shape index (κ3) is 3.44. The highest BCUT2D eigenvalue weighted by molar-refractivity contribution is 9.10. The molecule has 0 atom stereocenters. The average Bonchev–Trinajstić information content (AvgIpc) is 2.75. The second kappa shape index (κ2) is 6.58. The molecule has 0 amide bonds. The minimum Gasteiger partial charge on any atom is -0.389 e. The Labute approximate surface area is 139 Å². The first-order valence-electron chi connectivity index (χ1n) is 6.76. The summed E-state index contributed by atoms with van der Waals surface area (Å²) in [4.78, 5) is 2.58. The molecular weight excluding hydrogens is 348 g/mol. The van der Waals surface area contributed by atoms with Crippen molar-refractivity contribution in [3.63, 3.8) is 0 Å². The molecular formula is C15H19BrN4S. The number of nitrogens with two attached hydrogens (primary N) is 1. The molecule has 6 heteroatoms. The van der Waals surface area contributed by atoms with Gasteiger partial charge in [0.05, 0.1) is 22.4 Å². The van der Waals surface area contributed by atoms with Crippen LogP contribution in [0.4, 0.5) is 5.69 Å². The zero-order valence-electron chi connectivity index (χ0n) is 12.4. The van der Waals surface area contributed by atoms with Crippen LogP contribution in [0.15, 0.2) is 28.7 Å². The van der Waals surface area contributed by atoms with Crippen molar-refractivity contribution in [2.24, 2.45) is 5.73 Å². The number of thiocarbonyl (C=S) groups is 1. The van der Waals surface area contributed by atoms with Crippen molar-refractivity contribution in [2.45, 2.75) is 26.9 Å². The van der Waals surface area contributed by atoms with E-state index in [0.29, 0.717) is 4.99 Å². The Bertz CT molecular complexity index is 666. The largest absolute Gasteiger partial charge is 0.389 e. The van der Waals surface area contributed by atoms with Crippen molar-refractivity contribution in [1.82, 2.24) is 9.78 Å². The highest BCUT2D eigenvalue weighted by atomic mass is 79.9. The standard InChI is InChI=1S/C15H19BrN4S/c1-4-20-13(14(16)10(2)18-20)9-19(3)12-7-5-6-11(8-12)15(17)21/h5-8H,4,9H2,1-3H3,(H2,17,21). The Kier molecular flexibility index (Phi) is 5.00. The third-order valence-electron chi connectivity index (χ3n) is 3.41. The minimum absolute atomic E-state index is 0.417. The lowest BCUT2D eigenvalue weighted by Crippen LogP contribution is -2.20. The molecule has 4 nitrogen and oxygen atoms in total. The summed E-state index contributed by atoms with van der Waals surface area (Å²) in [6.07, 6.45) is 0. The normalized spacial score (nSPS) is 10.7. The monoisotopic (exact) mass is 366 g/mol. The SMILES string of the molecule is CCn1nc(C)c(Br)c1CN(C)c1cccc(C(N)=S)c1. The molecule has 2 N–H and O–H groups in total. The fourth-order valence-electron chi connectivity index (χ4n) is 2.23. The van der Waals surface area contributed by atoms with E-state index in [4.69, 9.17) is 18.0 Å². The van der Waals surface area contributed by atoms with Gasteiger partial charge in [-0.2, -0.15) is 5.10 Å². The molecule has 21 heavy (non-hydrogen) atoms. The number of benzene rings is 1. The molecule has 0 saturated heterocycles. The summed E-state index contributed by atoms with van der Waals surface area (Å²) in [5, 5.41) is 4.52. The average molecular weight is 367 g/mol. The summed E-state index contributed by atoms with van der Waals surface area (Å²) < 4.78 is 3.09. The predicted molar refractivity (Wildman–Crippen MR) is 94.8 cm³/mol. The second-order valence-electron chi connectivity index (χ2n) is 4.93. The van der Waals surface area contributed by atoms with Crippen LogP contribution in [0, 0.1) is 6.92 Å². The Balaban J connectivity index is 2.28. The number of aryl methyl sites for hydroxylation is 2. The van der Waals surface area contributed by atoms with Crippen molar-refractivity contribution in [3.05, 3.63) is 45.7 Å². The van der Waals surface area contributed by atoms with E-state index in [9.17, 15) is 0 Å². The summed E-state index contributed by atoms with van der Waals surface area (Å²) in [6, 6.07) is 7.96. The maximum absolute atomic E-state index is 5.70. The molecule has 0 spiro atoms. The zero-order chi connectivity index (χ0) is 15.6. The molecule has 0 radical (unpaired) electrons. The van der Waals surface area contributed by atoms with E-state index in [-0.39, 0.29) is 0 Å². The van der Waals surface area contributed by atoms with Crippen LogP contribution in [0.1, 0.15) is 23.9 Å². The molecule has 0 unspecified atom stereocenters. The molecule has 0 aliphatic rings. The van der Waals surface area contributed by atoms with Gasteiger partial charge in [-0.15, -0.1) is 0 Å². The quantitative estimate of drug-likeness (QED) is 0.825. The van der Waals surface area contributed by atoms with E-state index >= 15 is 0 Å². The Morgan fingerprint density at radius 2 is 2.19 bits per heavy atom. The summed E-state index contributed by atoms with van der Waals surface area (Å²) in [5.41, 5.74) is 9.84. The van der Waals surface area contributed by atoms with Gasteiger partial charge in [0.25, 0.3) is 0 Å². The van der Waals surface area contributed by atoms with E-state index < -0.39 is 0 Å². The molecule has 0 aliphatic carbocycles. The smallest absolute Gasteiger partial charge is 0.104 e. The van der Waals surface area contributed by atoms with Gasteiger partial charge in [-0.25, -0.2) is 0 Å². The maximum atomic E-state index is 5.70. The van der Waals surface area contributed by atoms with Gasteiger partial charge in [0.1, 0.15) is 4.99 Å². The number of nitrogens with zero attached hydrogens (tertiary/aromatic N) is 3. The second-order valence-corrected chi connectivity index (χ2v) is 6.17. The lowest BCUT2D eigenvalue weighted by Gasteiger charge is -2.20. The van der Waals surface area contributed by atoms with Crippen LogP contribution in [-0.4, -0.2) is 21.8 Å². The van der Waals surface area contributed by atoms with Crippen molar-refractivity contribution in [3.8, 4) is 0 Å². The van der Waals surface area contributed by atoms with Crippen LogP contribution in [0.3, 0.4) is 0 Å². The lowest BCUT2D eigenvalue weighted by molar-refractivity contribution is 0.612. The highest BCUT2D eigenvalue weighted by Gasteiger charge is 2.14. The molecule has 0 fully saturated rings. The van der Waals surface area contributed by atoms with Gasteiger partial charge in [0.15, 0.2) is 0 Å². The van der Waals surface area contributed by atoms with Crippen LogP contribution in [0.2, 0.25) is 0 Å². The Morgan fingerprint density at radius 1 is 1.48 bits per heavy atom. The highest BCUT2D eigenvalue weighted by Crippen LogP contribution is 2.24. The number of hydrogen-bond donors (Lipinski definition) is 1. The van der Waals surface area contributed by atoms with E-state index in [1.54, 1.807) is 0 Å². The van der Waals surface area contributed by atoms with Crippen LogP contribution >= 0.6 is 28.1 Å². The molecule has 1 aromatic carbocycles. The van der Waals surface area contributed by atoms with Crippen molar-refractivity contribution in [2.75, 3.05) is 11.9 Å². The van der Waals surface area contributed by atoms with E-state index in [2.05, 4.69) is 38.9 Å². The van der Waals surface area contributed by atoms with Gasteiger partial charge < -0.3 is 10.6 Å². The molecule has 0 aliphatic heterocycles. The molecule has 1 heterocycles. The van der Waals surface area contributed by atoms with Gasteiger partial charge in [-0.1, -0.05) is 24.4 Å². The van der Waals surface area contributed by atoms with Crippen LogP contribution < -0.4 is 10.6 Å². The zero-order valence-corrected chi connectivity index (χ0v) is 14.8. The number of aromatic nitrogens is 2. The predicted octanol–water partition coefficient (Wildman–Crippen LogP) is 3.24. The van der Waals surface area contributed by atoms with E-state index in [1.807, 2.05) is 36.9 Å². The number of rotatable bonds is 5. The fraction of sp³-hybridized carbons (Fsp3) is 0.333. The summed E-state index contributed by atoms with van der Waals surface area (Å²) in [5.74, 6) is 0. The molecule has 0 saturated carbocycles. The van der Waals surface area contributed by atoms with Crippen LogP contribution in [0.5, 0.6) is 0 Å². The first-order valence-corrected chi connectivity index (χ1v) is 7.97. The molecule has 2 aromatic rings. The number of hydrogen-bond acceptors (Lipinski definition) is 3. The van der Waals surface area contributed by atoms with Gasteiger partial charge in [0.2, 0.25) is 0 Å². The van der Waals surface area contributed by atoms with Gasteiger partial charge >= 0.3 is 0 Å². The van der Waals surface area contributed by atoms with Crippen LogP contribution in [0.25, 0.3) is 0 Å². The van der Waals surface area contributed by atoms with Crippen molar-refractivity contribution in [1.29, 1.82) is 0 Å². The first kappa shape index (κ1) is 16.0. The summed E-state index contributed by atoms with van der Waals surface area (Å²) in [6.45, 7) is 5.71.